The van der Waals surface area contributed by atoms with E-state index in [0.717, 1.165) is 0 Å². The molecule has 0 aliphatic carbocycles. The highest BCUT2D eigenvalue weighted by atomic mass is 16.5. The topological polar surface area (TPSA) is 69.9 Å². The number of phenolic OH excluding ortho intramolecular Hbond substituents is 3. The van der Waals surface area contributed by atoms with Gasteiger partial charge in [-0.3, -0.25) is 0 Å². The summed E-state index contributed by atoms with van der Waals surface area (Å²) in [5.41, 5.74) is 0.876. The Bertz CT molecular complexity index is 549. The summed E-state index contributed by atoms with van der Waals surface area (Å²) in [5.74, 6) is 0.472. The molecule has 0 amide bonds. The van der Waals surface area contributed by atoms with Gasteiger partial charge in [0, 0.05) is 17.2 Å². The molecule has 4 nitrogen and oxygen atoms in total. The van der Waals surface area contributed by atoms with Crippen LogP contribution >= 0.6 is 0 Å². The summed E-state index contributed by atoms with van der Waals surface area (Å²) in [4.78, 5) is 0. The molecule has 0 aliphatic heterocycles. The van der Waals surface area contributed by atoms with Crippen LogP contribution in [0.15, 0.2) is 36.4 Å². The van der Waals surface area contributed by atoms with Crippen molar-refractivity contribution >= 4 is 0 Å². The average Bonchev–Trinajstić information content (AvgIpc) is 2.30. The molecule has 0 aliphatic rings. The van der Waals surface area contributed by atoms with Crippen molar-refractivity contribution in [3.05, 3.63) is 36.4 Å². The second kappa shape index (κ2) is 4.25. The Morgan fingerprint density at radius 1 is 0.824 bits per heavy atom. The Morgan fingerprint density at radius 3 is 2.24 bits per heavy atom. The molecule has 17 heavy (non-hydrogen) atoms. The number of rotatable bonds is 2. The minimum atomic E-state index is -0.103. The molecule has 0 saturated carbocycles. The zero-order valence-corrected chi connectivity index (χ0v) is 9.21. The lowest BCUT2D eigenvalue weighted by atomic mass is 10.0. The molecule has 0 saturated heterocycles. The molecule has 2 aromatic carbocycles. The van der Waals surface area contributed by atoms with Crippen LogP contribution in [0.2, 0.25) is 0 Å². The van der Waals surface area contributed by atoms with Crippen molar-refractivity contribution in [1.29, 1.82) is 0 Å². The average molecular weight is 232 g/mol. The Labute approximate surface area is 98.3 Å². The molecule has 88 valence electrons. The molecule has 0 radical (unpaired) electrons. The minimum absolute atomic E-state index is 0.0337. The van der Waals surface area contributed by atoms with E-state index in [1.54, 1.807) is 12.1 Å². The zero-order valence-electron chi connectivity index (χ0n) is 9.21. The highest BCUT2D eigenvalue weighted by Gasteiger charge is 2.10. The van der Waals surface area contributed by atoms with Gasteiger partial charge in [0.1, 0.15) is 23.0 Å². The fraction of sp³-hybridized carbons (Fsp3) is 0.0769. The predicted octanol–water partition coefficient (Wildman–Crippen LogP) is 2.48. The third-order valence-electron chi connectivity index (χ3n) is 2.48. The minimum Gasteiger partial charge on any atom is -0.508 e. The number of hydrogen-bond acceptors (Lipinski definition) is 4. The smallest absolute Gasteiger partial charge is 0.127 e. The van der Waals surface area contributed by atoms with E-state index in [9.17, 15) is 15.3 Å². The third-order valence-corrected chi connectivity index (χ3v) is 2.48. The van der Waals surface area contributed by atoms with Crippen LogP contribution in [-0.4, -0.2) is 22.4 Å². The van der Waals surface area contributed by atoms with Crippen molar-refractivity contribution in [1.82, 2.24) is 0 Å². The Kier molecular flexibility index (Phi) is 2.78. The van der Waals surface area contributed by atoms with Gasteiger partial charge in [-0.05, 0) is 30.3 Å². The number of hydrogen-bond donors (Lipinski definition) is 3. The number of methoxy groups -OCH3 is 1. The molecule has 2 aromatic rings. The molecule has 0 unspecified atom stereocenters. The molecule has 0 heterocycles. The molecule has 0 fully saturated rings. The largest absolute Gasteiger partial charge is 0.508 e. The third kappa shape index (κ3) is 2.10. The van der Waals surface area contributed by atoms with Crippen molar-refractivity contribution in [3.8, 4) is 34.1 Å². The van der Waals surface area contributed by atoms with Gasteiger partial charge in [0.05, 0.1) is 7.11 Å². The van der Waals surface area contributed by atoms with Crippen LogP contribution in [0.1, 0.15) is 0 Å². The summed E-state index contributed by atoms with van der Waals surface area (Å²) in [6.07, 6.45) is 0. The van der Waals surface area contributed by atoms with Crippen molar-refractivity contribution in [2.75, 3.05) is 7.11 Å². The van der Waals surface area contributed by atoms with Crippen molar-refractivity contribution in [2.45, 2.75) is 0 Å². The van der Waals surface area contributed by atoms with Gasteiger partial charge in [-0.1, -0.05) is 0 Å². The maximum Gasteiger partial charge on any atom is 0.127 e. The van der Waals surface area contributed by atoms with Crippen LogP contribution in [0, 0.1) is 0 Å². The quantitative estimate of drug-likeness (QED) is 0.744. The molecular weight excluding hydrogens is 220 g/mol. The first-order valence-corrected chi connectivity index (χ1v) is 5.01. The van der Waals surface area contributed by atoms with E-state index in [-0.39, 0.29) is 17.2 Å². The summed E-state index contributed by atoms with van der Waals surface area (Å²) in [6, 6.07) is 8.90. The first kappa shape index (κ1) is 11.1. The zero-order chi connectivity index (χ0) is 12.4. The maximum absolute atomic E-state index is 9.75. The number of aromatic hydroxyl groups is 3. The summed E-state index contributed by atoms with van der Waals surface area (Å²) < 4.78 is 5.05. The molecule has 0 atom stereocenters. The van der Waals surface area contributed by atoms with E-state index >= 15 is 0 Å². The lowest BCUT2D eigenvalue weighted by Crippen LogP contribution is -1.85. The van der Waals surface area contributed by atoms with Crippen LogP contribution in [-0.2, 0) is 0 Å². The van der Waals surface area contributed by atoms with Crippen molar-refractivity contribution < 1.29 is 20.1 Å². The summed E-state index contributed by atoms with van der Waals surface area (Å²) >= 11 is 0. The van der Waals surface area contributed by atoms with E-state index in [1.807, 2.05) is 0 Å². The molecular formula is C13H12O4. The maximum atomic E-state index is 9.75. The molecule has 0 aromatic heterocycles. The number of phenols is 3. The van der Waals surface area contributed by atoms with Crippen LogP contribution in [0.4, 0.5) is 0 Å². The fourth-order valence-electron chi connectivity index (χ4n) is 1.61. The Hall–Kier alpha value is -2.36. The van der Waals surface area contributed by atoms with Crippen LogP contribution in [0.3, 0.4) is 0 Å². The summed E-state index contributed by atoms with van der Waals surface area (Å²) in [6.45, 7) is 0. The van der Waals surface area contributed by atoms with E-state index in [4.69, 9.17) is 4.74 Å². The van der Waals surface area contributed by atoms with E-state index in [1.165, 1.54) is 31.4 Å². The van der Waals surface area contributed by atoms with Gasteiger partial charge in [0.2, 0.25) is 0 Å². The van der Waals surface area contributed by atoms with Crippen LogP contribution in [0.25, 0.3) is 11.1 Å². The first-order valence-electron chi connectivity index (χ1n) is 5.01. The highest BCUT2D eigenvalue weighted by Crippen LogP contribution is 2.38. The summed E-state index contributed by atoms with van der Waals surface area (Å²) in [5, 5.41) is 28.7. The Balaban J connectivity index is 2.59. The van der Waals surface area contributed by atoms with E-state index in [0.29, 0.717) is 16.9 Å². The molecule has 3 N–H and O–H groups in total. The van der Waals surface area contributed by atoms with Crippen LogP contribution < -0.4 is 4.74 Å². The molecule has 0 spiro atoms. The predicted molar refractivity (Wildman–Crippen MR) is 63.4 cm³/mol. The van der Waals surface area contributed by atoms with Gasteiger partial charge in [0.25, 0.3) is 0 Å². The van der Waals surface area contributed by atoms with Gasteiger partial charge in [0.15, 0.2) is 0 Å². The summed E-state index contributed by atoms with van der Waals surface area (Å²) in [7, 11) is 1.52. The highest BCUT2D eigenvalue weighted by molar-refractivity contribution is 5.77. The van der Waals surface area contributed by atoms with Crippen molar-refractivity contribution in [2.24, 2.45) is 0 Å². The van der Waals surface area contributed by atoms with Gasteiger partial charge in [-0.2, -0.15) is 0 Å². The van der Waals surface area contributed by atoms with Crippen LogP contribution in [0.5, 0.6) is 23.0 Å². The second-order valence-electron chi connectivity index (χ2n) is 3.58. The van der Waals surface area contributed by atoms with Gasteiger partial charge in [-0.25, -0.2) is 0 Å². The fourth-order valence-corrected chi connectivity index (χ4v) is 1.61. The van der Waals surface area contributed by atoms with E-state index in [2.05, 4.69) is 0 Å². The monoisotopic (exact) mass is 232 g/mol. The SMILES string of the molecule is COc1ccc(O)c(-c2ccc(O)cc2O)c1. The second-order valence-corrected chi connectivity index (χ2v) is 3.58. The first-order chi connectivity index (χ1) is 8.11. The number of ether oxygens (including phenoxy) is 1. The van der Waals surface area contributed by atoms with Gasteiger partial charge >= 0.3 is 0 Å². The number of benzene rings is 2. The van der Waals surface area contributed by atoms with Gasteiger partial charge < -0.3 is 20.1 Å². The normalized spacial score (nSPS) is 10.2. The molecule has 0 bridgehead atoms. The molecule has 4 heteroatoms. The standard InChI is InChI=1S/C13H12O4/c1-17-9-3-5-12(15)11(7-9)10-4-2-8(14)6-13(10)16/h2-7,14-16H,1H3. The molecule has 2 rings (SSSR count). The van der Waals surface area contributed by atoms with Crippen molar-refractivity contribution in [3.63, 3.8) is 0 Å². The van der Waals surface area contributed by atoms with E-state index < -0.39 is 0 Å². The van der Waals surface area contributed by atoms with Gasteiger partial charge in [-0.15, -0.1) is 0 Å². The lowest BCUT2D eigenvalue weighted by molar-refractivity contribution is 0.412. The lowest BCUT2D eigenvalue weighted by Gasteiger charge is -2.09. The Morgan fingerprint density at radius 2 is 1.59 bits per heavy atom.